The Morgan fingerprint density at radius 1 is 1.80 bits per heavy atom. The van der Waals surface area contributed by atoms with Crippen molar-refractivity contribution in [2.75, 3.05) is 0 Å². The fraction of sp³-hybridized carbons (Fsp3) is 0.667. The van der Waals surface area contributed by atoms with Crippen molar-refractivity contribution in [3.63, 3.8) is 0 Å². The van der Waals surface area contributed by atoms with Crippen molar-refractivity contribution in [2.45, 2.75) is 26.0 Å². The van der Waals surface area contributed by atoms with Gasteiger partial charge in [0.05, 0.1) is 6.42 Å². The third-order valence-electron chi connectivity index (χ3n) is 1.27. The third kappa shape index (κ3) is 1.26. The Bertz CT molecular complexity index is 179. The van der Waals surface area contributed by atoms with E-state index in [9.17, 15) is 9.59 Å². The maximum absolute atomic E-state index is 10.4. The summed E-state index contributed by atoms with van der Waals surface area (Å²) in [5, 5.41) is 2.47. The minimum atomic E-state index is -0.733. The van der Waals surface area contributed by atoms with E-state index in [1.807, 2.05) is 0 Å². The molecule has 1 atom stereocenters. The average Bonchev–Trinajstić information content (AvgIpc) is 1.57. The zero-order valence-electron chi connectivity index (χ0n) is 5.93. The van der Waals surface area contributed by atoms with Crippen LogP contribution in [-0.4, -0.2) is 17.6 Å². The van der Waals surface area contributed by atoms with E-state index < -0.39 is 5.72 Å². The lowest BCUT2D eigenvalue weighted by Crippen LogP contribution is -2.61. The second kappa shape index (κ2) is 1.97. The van der Waals surface area contributed by atoms with E-state index in [1.165, 1.54) is 6.92 Å². The fourth-order valence-corrected chi connectivity index (χ4v) is 0.962. The van der Waals surface area contributed by atoms with Crippen LogP contribution in [0.3, 0.4) is 0 Å². The molecule has 0 bridgehead atoms. The molecule has 1 amide bonds. The molecule has 0 saturated carbocycles. The van der Waals surface area contributed by atoms with Crippen LogP contribution in [0.1, 0.15) is 20.3 Å². The predicted molar refractivity (Wildman–Crippen MR) is 32.9 cm³/mol. The molecule has 1 saturated heterocycles. The Labute approximate surface area is 58.5 Å². The molecule has 0 radical (unpaired) electrons. The highest BCUT2D eigenvalue weighted by atomic mass is 16.6. The first kappa shape index (κ1) is 7.05. The van der Waals surface area contributed by atoms with Crippen LogP contribution in [0.25, 0.3) is 0 Å². The molecular formula is C6H9NO3. The second-order valence-corrected chi connectivity index (χ2v) is 2.55. The molecule has 1 N–H and O–H groups in total. The standard InChI is InChI=1S/C6H9NO3/c1-4(8)10-6(2)3-5(9)7-6/h3H2,1-2H3,(H,7,9). The van der Waals surface area contributed by atoms with E-state index in [2.05, 4.69) is 5.32 Å². The van der Waals surface area contributed by atoms with Crippen LogP contribution in [0.5, 0.6) is 0 Å². The van der Waals surface area contributed by atoms with Crippen LogP contribution >= 0.6 is 0 Å². The molecule has 0 aromatic carbocycles. The van der Waals surface area contributed by atoms with Gasteiger partial charge in [-0.3, -0.25) is 9.59 Å². The van der Waals surface area contributed by atoms with Gasteiger partial charge in [0.1, 0.15) is 0 Å². The van der Waals surface area contributed by atoms with E-state index in [0.29, 0.717) is 0 Å². The molecule has 1 aliphatic rings. The van der Waals surface area contributed by atoms with Gasteiger partial charge < -0.3 is 10.1 Å². The summed E-state index contributed by atoms with van der Waals surface area (Å²) in [6, 6.07) is 0. The minimum absolute atomic E-state index is 0.0799. The number of carbonyl (C=O) groups excluding carboxylic acids is 2. The van der Waals surface area contributed by atoms with Gasteiger partial charge in [-0.1, -0.05) is 0 Å². The maximum Gasteiger partial charge on any atom is 0.304 e. The first-order valence-electron chi connectivity index (χ1n) is 3.02. The molecule has 0 aromatic heterocycles. The molecule has 1 rings (SSSR count). The van der Waals surface area contributed by atoms with Crippen molar-refractivity contribution in [1.29, 1.82) is 0 Å². The summed E-state index contributed by atoms with van der Waals surface area (Å²) in [6.07, 6.45) is 0.270. The van der Waals surface area contributed by atoms with Crippen LogP contribution in [-0.2, 0) is 14.3 Å². The summed E-state index contributed by atoms with van der Waals surface area (Å²) in [5.74, 6) is -0.453. The highest BCUT2D eigenvalue weighted by Gasteiger charge is 2.41. The molecule has 1 heterocycles. The van der Waals surface area contributed by atoms with Crippen molar-refractivity contribution in [3.05, 3.63) is 0 Å². The van der Waals surface area contributed by atoms with Gasteiger partial charge in [-0.15, -0.1) is 0 Å². The fourth-order valence-electron chi connectivity index (χ4n) is 0.962. The molecule has 0 aromatic rings. The lowest BCUT2D eigenvalue weighted by atomic mass is 10.0. The number of β-lactam (4-membered cyclic amide) rings is 1. The Balaban J connectivity index is 2.41. The summed E-state index contributed by atoms with van der Waals surface area (Å²) in [5.41, 5.74) is -0.733. The molecule has 10 heavy (non-hydrogen) atoms. The van der Waals surface area contributed by atoms with Gasteiger partial charge in [0, 0.05) is 6.92 Å². The topological polar surface area (TPSA) is 55.4 Å². The Morgan fingerprint density at radius 2 is 2.30 bits per heavy atom. The molecule has 0 aliphatic carbocycles. The van der Waals surface area contributed by atoms with Gasteiger partial charge in [0.15, 0.2) is 5.72 Å². The number of nitrogens with one attached hydrogen (secondary N) is 1. The number of rotatable bonds is 1. The van der Waals surface area contributed by atoms with Crippen LogP contribution < -0.4 is 5.32 Å². The molecule has 1 unspecified atom stereocenters. The zero-order chi connectivity index (χ0) is 7.78. The van der Waals surface area contributed by atoms with E-state index in [0.717, 1.165) is 0 Å². The molecule has 1 fully saturated rings. The first-order valence-corrected chi connectivity index (χ1v) is 3.02. The predicted octanol–water partition coefficient (Wildman–Crippen LogP) is -0.214. The van der Waals surface area contributed by atoms with Crippen molar-refractivity contribution in [3.8, 4) is 0 Å². The lowest BCUT2D eigenvalue weighted by molar-refractivity contribution is -0.174. The van der Waals surface area contributed by atoms with Crippen molar-refractivity contribution < 1.29 is 14.3 Å². The highest BCUT2D eigenvalue weighted by molar-refractivity contribution is 5.84. The molecule has 4 heteroatoms. The van der Waals surface area contributed by atoms with E-state index in [4.69, 9.17) is 4.74 Å². The van der Waals surface area contributed by atoms with Gasteiger partial charge in [-0.05, 0) is 6.92 Å². The number of esters is 1. The quantitative estimate of drug-likeness (QED) is 0.408. The Kier molecular flexibility index (Phi) is 1.39. The Morgan fingerprint density at radius 3 is 2.60 bits per heavy atom. The lowest BCUT2D eigenvalue weighted by Gasteiger charge is -2.37. The molecule has 4 nitrogen and oxygen atoms in total. The molecule has 0 spiro atoms. The Hall–Kier alpha value is -1.06. The van der Waals surface area contributed by atoms with Crippen LogP contribution in [0, 0.1) is 0 Å². The van der Waals surface area contributed by atoms with E-state index in [-0.39, 0.29) is 18.3 Å². The van der Waals surface area contributed by atoms with Crippen molar-refractivity contribution in [1.82, 2.24) is 5.32 Å². The van der Waals surface area contributed by atoms with E-state index >= 15 is 0 Å². The van der Waals surface area contributed by atoms with Gasteiger partial charge in [-0.25, -0.2) is 0 Å². The summed E-state index contributed by atoms with van der Waals surface area (Å²) in [6.45, 7) is 2.98. The maximum atomic E-state index is 10.4. The van der Waals surface area contributed by atoms with Crippen molar-refractivity contribution >= 4 is 11.9 Å². The smallest absolute Gasteiger partial charge is 0.304 e. The van der Waals surface area contributed by atoms with Gasteiger partial charge >= 0.3 is 5.97 Å². The number of ether oxygens (including phenoxy) is 1. The van der Waals surface area contributed by atoms with E-state index in [1.54, 1.807) is 6.92 Å². The van der Waals surface area contributed by atoms with Gasteiger partial charge in [0.25, 0.3) is 0 Å². The summed E-state index contributed by atoms with van der Waals surface area (Å²) < 4.78 is 4.77. The summed E-state index contributed by atoms with van der Waals surface area (Å²) >= 11 is 0. The average molecular weight is 143 g/mol. The largest absolute Gasteiger partial charge is 0.439 e. The van der Waals surface area contributed by atoms with Crippen LogP contribution in [0.2, 0.25) is 0 Å². The zero-order valence-corrected chi connectivity index (χ0v) is 5.93. The number of amides is 1. The van der Waals surface area contributed by atoms with Crippen LogP contribution in [0.15, 0.2) is 0 Å². The molecule has 1 aliphatic heterocycles. The summed E-state index contributed by atoms with van der Waals surface area (Å²) in [4.78, 5) is 20.8. The van der Waals surface area contributed by atoms with Crippen LogP contribution in [0.4, 0.5) is 0 Å². The summed E-state index contributed by atoms with van der Waals surface area (Å²) in [7, 11) is 0. The number of hydrogen-bond acceptors (Lipinski definition) is 3. The first-order chi connectivity index (χ1) is 4.52. The monoisotopic (exact) mass is 143 g/mol. The molecule has 56 valence electrons. The highest BCUT2D eigenvalue weighted by Crippen LogP contribution is 2.20. The van der Waals surface area contributed by atoms with Crippen molar-refractivity contribution in [2.24, 2.45) is 0 Å². The normalized spacial score (nSPS) is 30.4. The second-order valence-electron chi connectivity index (χ2n) is 2.55. The van der Waals surface area contributed by atoms with Gasteiger partial charge in [-0.2, -0.15) is 0 Å². The minimum Gasteiger partial charge on any atom is -0.439 e. The van der Waals surface area contributed by atoms with Gasteiger partial charge in [0.2, 0.25) is 5.91 Å². The molecular weight excluding hydrogens is 134 g/mol. The SMILES string of the molecule is CC(=O)OC1(C)CC(=O)N1. The number of hydrogen-bond donors (Lipinski definition) is 1. The number of carbonyl (C=O) groups is 2. The third-order valence-corrected chi connectivity index (χ3v) is 1.27.